The first-order valence-corrected chi connectivity index (χ1v) is 9.42. The predicted molar refractivity (Wildman–Crippen MR) is 111 cm³/mol. The Hall–Kier alpha value is -3.19. The van der Waals surface area contributed by atoms with Gasteiger partial charge in [0.25, 0.3) is 0 Å². The molecule has 6 nitrogen and oxygen atoms in total. The second-order valence-electron chi connectivity index (χ2n) is 6.62. The van der Waals surface area contributed by atoms with Crippen LogP contribution in [0.25, 0.3) is 0 Å². The summed E-state index contributed by atoms with van der Waals surface area (Å²) in [4.78, 5) is 19.0. The van der Waals surface area contributed by atoms with Gasteiger partial charge in [-0.3, -0.25) is 9.78 Å². The van der Waals surface area contributed by atoms with E-state index in [-0.39, 0.29) is 24.5 Å². The van der Waals surface area contributed by atoms with Gasteiger partial charge in [-0.15, -0.1) is 0 Å². The molecular weight excluding hydrogens is 372 g/mol. The highest BCUT2D eigenvalue weighted by Gasteiger charge is 2.42. The SMILES string of the molecule is Cc1ccc(C2C(c3ccccn3)NC(=S)N2CC(=O)Nc2ccccc2)o1. The number of amides is 1. The van der Waals surface area contributed by atoms with Crippen LogP contribution < -0.4 is 10.6 Å². The summed E-state index contributed by atoms with van der Waals surface area (Å²) in [6.07, 6.45) is 1.75. The minimum Gasteiger partial charge on any atom is -0.464 e. The summed E-state index contributed by atoms with van der Waals surface area (Å²) < 4.78 is 5.90. The average molecular weight is 392 g/mol. The number of aromatic nitrogens is 1. The van der Waals surface area contributed by atoms with Crippen LogP contribution in [0.5, 0.6) is 0 Å². The number of para-hydroxylation sites is 1. The highest BCUT2D eigenvalue weighted by Crippen LogP contribution is 2.38. The quantitative estimate of drug-likeness (QED) is 0.647. The van der Waals surface area contributed by atoms with E-state index < -0.39 is 0 Å². The maximum atomic E-state index is 12.7. The number of benzene rings is 1. The number of hydrogen-bond donors (Lipinski definition) is 2. The van der Waals surface area contributed by atoms with E-state index in [0.29, 0.717) is 5.11 Å². The summed E-state index contributed by atoms with van der Waals surface area (Å²) in [6, 6.07) is 18.5. The molecule has 1 aliphatic heterocycles. The largest absolute Gasteiger partial charge is 0.464 e. The summed E-state index contributed by atoms with van der Waals surface area (Å²) in [6.45, 7) is 2.00. The summed E-state index contributed by atoms with van der Waals surface area (Å²) >= 11 is 5.55. The van der Waals surface area contributed by atoms with Crippen molar-refractivity contribution in [1.82, 2.24) is 15.2 Å². The van der Waals surface area contributed by atoms with Crippen molar-refractivity contribution < 1.29 is 9.21 Å². The molecule has 0 aliphatic carbocycles. The molecule has 0 spiro atoms. The van der Waals surface area contributed by atoms with Crippen molar-refractivity contribution in [2.24, 2.45) is 0 Å². The van der Waals surface area contributed by atoms with E-state index in [9.17, 15) is 4.79 Å². The number of carbonyl (C=O) groups excluding carboxylic acids is 1. The second-order valence-corrected chi connectivity index (χ2v) is 7.00. The van der Waals surface area contributed by atoms with Crippen LogP contribution >= 0.6 is 12.2 Å². The van der Waals surface area contributed by atoms with Crippen molar-refractivity contribution in [3.05, 3.63) is 84.1 Å². The van der Waals surface area contributed by atoms with E-state index in [0.717, 1.165) is 22.9 Å². The van der Waals surface area contributed by atoms with Crippen molar-refractivity contribution in [3.63, 3.8) is 0 Å². The maximum Gasteiger partial charge on any atom is 0.244 e. The molecule has 28 heavy (non-hydrogen) atoms. The molecule has 0 bridgehead atoms. The Bertz CT molecular complexity index is 974. The zero-order valence-electron chi connectivity index (χ0n) is 15.3. The topological polar surface area (TPSA) is 70.4 Å². The van der Waals surface area contributed by atoms with E-state index in [2.05, 4.69) is 15.6 Å². The number of thiocarbonyl (C=S) groups is 1. The smallest absolute Gasteiger partial charge is 0.244 e. The molecule has 2 N–H and O–H groups in total. The Morgan fingerprint density at radius 3 is 2.64 bits per heavy atom. The summed E-state index contributed by atoms with van der Waals surface area (Å²) in [5.41, 5.74) is 1.59. The second kappa shape index (κ2) is 7.82. The van der Waals surface area contributed by atoms with Crippen LogP contribution in [0.3, 0.4) is 0 Å². The van der Waals surface area contributed by atoms with Gasteiger partial charge in [-0.1, -0.05) is 24.3 Å². The van der Waals surface area contributed by atoms with Crippen molar-refractivity contribution in [3.8, 4) is 0 Å². The van der Waals surface area contributed by atoms with Gasteiger partial charge in [0.15, 0.2) is 5.11 Å². The van der Waals surface area contributed by atoms with Crippen LogP contribution in [-0.4, -0.2) is 27.4 Å². The number of anilines is 1. The lowest BCUT2D eigenvalue weighted by Crippen LogP contribution is -2.36. The van der Waals surface area contributed by atoms with Gasteiger partial charge in [0, 0.05) is 11.9 Å². The molecule has 1 fully saturated rings. The molecule has 1 saturated heterocycles. The normalized spacial score (nSPS) is 18.8. The molecule has 3 aromatic rings. The highest BCUT2D eigenvalue weighted by molar-refractivity contribution is 7.80. The van der Waals surface area contributed by atoms with Gasteiger partial charge in [0.2, 0.25) is 5.91 Å². The first kappa shape index (κ1) is 18.2. The van der Waals surface area contributed by atoms with Crippen molar-refractivity contribution in [2.45, 2.75) is 19.0 Å². The molecular formula is C21H20N4O2S. The summed E-state index contributed by atoms with van der Waals surface area (Å²) in [5, 5.41) is 6.71. The van der Waals surface area contributed by atoms with Crippen LogP contribution in [0, 0.1) is 6.92 Å². The third kappa shape index (κ3) is 3.75. The number of nitrogens with one attached hydrogen (secondary N) is 2. The van der Waals surface area contributed by atoms with E-state index in [1.807, 2.05) is 72.5 Å². The molecule has 4 rings (SSSR count). The van der Waals surface area contributed by atoms with E-state index >= 15 is 0 Å². The monoisotopic (exact) mass is 392 g/mol. The first-order valence-electron chi connectivity index (χ1n) is 9.01. The minimum atomic E-state index is -0.266. The molecule has 1 aliphatic rings. The lowest BCUT2D eigenvalue weighted by atomic mass is 10.0. The number of carbonyl (C=O) groups is 1. The number of furan rings is 1. The number of aryl methyl sites for hydroxylation is 1. The molecule has 2 aromatic heterocycles. The molecule has 3 heterocycles. The number of hydrogen-bond acceptors (Lipinski definition) is 4. The standard InChI is InChI=1S/C21H20N4O2S/c1-14-10-11-17(27-14)20-19(16-9-5-6-12-22-16)24-21(28)25(20)13-18(26)23-15-7-3-2-4-8-15/h2-12,19-20H,13H2,1H3,(H,23,26)(H,24,28). The van der Waals surface area contributed by atoms with Crippen LogP contribution in [0.1, 0.15) is 29.3 Å². The van der Waals surface area contributed by atoms with Gasteiger partial charge < -0.3 is 20.0 Å². The average Bonchev–Trinajstić information content (AvgIpc) is 3.26. The third-order valence-electron chi connectivity index (χ3n) is 4.62. The van der Waals surface area contributed by atoms with Crippen LogP contribution in [0.2, 0.25) is 0 Å². The Kier molecular flexibility index (Phi) is 5.08. The predicted octanol–water partition coefficient (Wildman–Crippen LogP) is 3.59. The number of rotatable bonds is 5. The van der Waals surface area contributed by atoms with Crippen molar-refractivity contribution in [2.75, 3.05) is 11.9 Å². The van der Waals surface area contributed by atoms with Crippen molar-refractivity contribution in [1.29, 1.82) is 0 Å². The van der Waals surface area contributed by atoms with E-state index in [1.165, 1.54) is 0 Å². The molecule has 0 saturated carbocycles. The number of nitrogens with zero attached hydrogens (tertiary/aromatic N) is 2. The maximum absolute atomic E-state index is 12.7. The Balaban J connectivity index is 1.61. The lowest BCUT2D eigenvalue weighted by molar-refractivity contribution is -0.116. The van der Waals surface area contributed by atoms with Crippen LogP contribution in [0.4, 0.5) is 5.69 Å². The van der Waals surface area contributed by atoms with Crippen LogP contribution in [0.15, 0.2) is 71.3 Å². The summed E-state index contributed by atoms with van der Waals surface area (Å²) in [7, 11) is 0. The fourth-order valence-electron chi connectivity index (χ4n) is 3.37. The molecule has 142 valence electrons. The zero-order valence-corrected chi connectivity index (χ0v) is 16.1. The first-order chi connectivity index (χ1) is 13.6. The van der Waals surface area contributed by atoms with Gasteiger partial charge in [-0.2, -0.15) is 0 Å². The van der Waals surface area contributed by atoms with Gasteiger partial charge in [0.05, 0.1) is 11.7 Å². The Morgan fingerprint density at radius 1 is 1.18 bits per heavy atom. The van der Waals surface area contributed by atoms with Gasteiger partial charge in [0.1, 0.15) is 24.1 Å². The fraction of sp³-hybridized carbons (Fsp3) is 0.190. The van der Waals surface area contributed by atoms with E-state index in [4.69, 9.17) is 16.6 Å². The zero-order chi connectivity index (χ0) is 19.5. The Morgan fingerprint density at radius 2 is 1.96 bits per heavy atom. The third-order valence-corrected chi connectivity index (χ3v) is 4.97. The van der Waals surface area contributed by atoms with Gasteiger partial charge in [-0.05, 0) is 55.5 Å². The number of pyridine rings is 1. The van der Waals surface area contributed by atoms with Crippen LogP contribution in [-0.2, 0) is 4.79 Å². The molecule has 1 aromatic carbocycles. The summed E-state index contributed by atoms with van der Waals surface area (Å²) in [5.74, 6) is 1.40. The minimum absolute atomic E-state index is 0.106. The molecule has 0 radical (unpaired) electrons. The molecule has 1 amide bonds. The fourth-order valence-corrected chi connectivity index (χ4v) is 3.68. The molecule has 2 atom stereocenters. The Labute approximate surface area is 168 Å². The van der Waals surface area contributed by atoms with E-state index in [1.54, 1.807) is 6.20 Å². The highest BCUT2D eigenvalue weighted by atomic mass is 32.1. The lowest BCUT2D eigenvalue weighted by Gasteiger charge is -2.25. The van der Waals surface area contributed by atoms with Gasteiger partial charge >= 0.3 is 0 Å². The molecule has 7 heteroatoms. The van der Waals surface area contributed by atoms with Gasteiger partial charge in [-0.25, -0.2) is 0 Å². The van der Waals surface area contributed by atoms with Crippen molar-refractivity contribution >= 4 is 28.9 Å². The molecule has 2 unspecified atom stereocenters.